The highest BCUT2D eigenvalue weighted by molar-refractivity contribution is 5.61. The molecule has 22 heavy (non-hydrogen) atoms. The van der Waals surface area contributed by atoms with Crippen LogP contribution in [0.4, 0.5) is 5.82 Å². The van der Waals surface area contributed by atoms with Gasteiger partial charge in [-0.25, -0.2) is 4.98 Å². The number of rotatable bonds is 2. The largest absolute Gasteiger partial charge is 0.384 e. The van der Waals surface area contributed by atoms with E-state index in [-0.39, 0.29) is 0 Å². The summed E-state index contributed by atoms with van der Waals surface area (Å²) in [5.74, 6) is 1.17. The molecule has 4 heteroatoms. The van der Waals surface area contributed by atoms with Gasteiger partial charge in [0.1, 0.15) is 5.82 Å². The Morgan fingerprint density at radius 3 is 2.36 bits per heavy atom. The molecule has 2 heterocycles. The van der Waals surface area contributed by atoms with Gasteiger partial charge in [-0.15, -0.1) is 0 Å². The summed E-state index contributed by atoms with van der Waals surface area (Å²) in [5, 5.41) is 14.7. The smallest absolute Gasteiger partial charge is 0.124 e. The molecule has 0 amide bonds. The van der Waals surface area contributed by atoms with Gasteiger partial charge in [-0.05, 0) is 30.5 Å². The maximum Gasteiger partial charge on any atom is 0.124 e. The minimum atomic E-state index is -0.674. The summed E-state index contributed by atoms with van der Waals surface area (Å²) in [7, 11) is 0. The van der Waals surface area contributed by atoms with Crippen molar-refractivity contribution in [3.05, 3.63) is 48.0 Å². The number of nitrogens with one attached hydrogen (secondary N) is 1. The normalized spacial score (nSPS) is 30.4. The Morgan fingerprint density at radius 2 is 1.73 bits per heavy atom. The topological polar surface area (TPSA) is 71.2 Å². The number of hydrogen-bond acceptors (Lipinski definition) is 4. The second kappa shape index (κ2) is 5.07. The molecule has 1 aliphatic carbocycles. The second-order valence-corrected chi connectivity index (χ2v) is 6.48. The van der Waals surface area contributed by atoms with Crippen molar-refractivity contribution in [3.8, 4) is 11.3 Å². The Morgan fingerprint density at radius 1 is 1.05 bits per heavy atom. The van der Waals surface area contributed by atoms with Gasteiger partial charge in [-0.3, -0.25) is 0 Å². The minimum Gasteiger partial charge on any atom is -0.384 e. The highest BCUT2D eigenvalue weighted by atomic mass is 16.3. The molecule has 1 aromatic heterocycles. The molecule has 0 spiro atoms. The maximum atomic E-state index is 11.3. The van der Waals surface area contributed by atoms with Gasteiger partial charge in [-0.1, -0.05) is 30.3 Å². The lowest BCUT2D eigenvalue weighted by molar-refractivity contribution is -0.0576. The molecule has 2 bridgehead atoms. The van der Waals surface area contributed by atoms with E-state index in [4.69, 9.17) is 5.73 Å². The summed E-state index contributed by atoms with van der Waals surface area (Å²) in [5.41, 5.74) is 8.01. The standard InChI is InChI=1S/C18H21N3O/c19-17-3-1-2-16(21-17)12-4-6-13(7-5-12)18(22)14-8-9-15(18)11-20-10-14/h1-7,14-15,20,22H,8-11H2,(H2,19,21). The number of nitrogens with zero attached hydrogens (tertiary/aromatic N) is 1. The van der Waals surface area contributed by atoms with Gasteiger partial charge in [0.2, 0.25) is 0 Å². The van der Waals surface area contributed by atoms with E-state index in [0.717, 1.165) is 42.8 Å². The molecule has 1 saturated carbocycles. The zero-order valence-corrected chi connectivity index (χ0v) is 12.5. The molecule has 2 aromatic rings. The van der Waals surface area contributed by atoms with Crippen LogP contribution < -0.4 is 11.1 Å². The number of nitrogens with two attached hydrogens (primary N) is 1. The molecule has 0 radical (unpaired) electrons. The molecule has 1 aliphatic heterocycles. The molecule has 1 saturated heterocycles. The third-order valence-corrected chi connectivity index (χ3v) is 5.30. The first-order valence-corrected chi connectivity index (χ1v) is 7.94. The number of aromatic nitrogens is 1. The molecule has 4 rings (SSSR count). The highest BCUT2D eigenvalue weighted by Crippen LogP contribution is 2.49. The third-order valence-electron chi connectivity index (χ3n) is 5.30. The van der Waals surface area contributed by atoms with Crippen molar-refractivity contribution in [2.75, 3.05) is 18.8 Å². The Kier molecular flexibility index (Phi) is 3.17. The number of fused-ring (bicyclic) bond motifs is 2. The van der Waals surface area contributed by atoms with Crippen LogP contribution in [0.15, 0.2) is 42.5 Å². The van der Waals surface area contributed by atoms with Crippen LogP contribution in [0.25, 0.3) is 11.3 Å². The van der Waals surface area contributed by atoms with Crippen LogP contribution in [0.1, 0.15) is 18.4 Å². The highest BCUT2D eigenvalue weighted by Gasteiger charge is 2.51. The van der Waals surface area contributed by atoms with E-state index in [1.165, 1.54) is 0 Å². The summed E-state index contributed by atoms with van der Waals surface area (Å²) in [6.07, 6.45) is 2.21. The van der Waals surface area contributed by atoms with Gasteiger partial charge in [0.05, 0.1) is 11.3 Å². The van der Waals surface area contributed by atoms with Crippen molar-refractivity contribution in [3.63, 3.8) is 0 Å². The van der Waals surface area contributed by atoms with Gasteiger partial charge >= 0.3 is 0 Å². The zero-order valence-electron chi connectivity index (χ0n) is 12.5. The van der Waals surface area contributed by atoms with Crippen LogP contribution in [-0.4, -0.2) is 23.2 Å². The van der Waals surface area contributed by atoms with Crippen molar-refractivity contribution >= 4 is 5.82 Å². The molecule has 2 fully saturated rings. The quantitative estimate of drug-likeness (QED) is 0.794. The summed E-state index contributed by atoms with van der Waals surface area (Å²) < 4.78 is 0. The number of nitrogen functional groups attached to an aromatic ring is 1. The summed E-state index contributed by atoms with van der Waals surface area (Å²) >= 11 is 0. The SMILES string of the molecule is Nc1cccc(-c2ccc(C3(O)C4CCC3CNC4)cc2)n1. The van der Waals surface area contributed by atoms with Gasteiger partial charge in [-0.2, -0.15) is 0 Å². The lowest BCUT2D eigenvalue weighted by atomic mass is 9.76. The van der Waals surface area contributed by atoms with E-state index < -0.39 is 5.60 Å². The summed E-state index contributed by atoms with van der Waals surface area (Å²) in [6.45, 7) is 1.82. The number of hydrogen-bond donors (Lipinski definition) is 3. The Labute approximate surface area is 130 Å². The summed E-state index contributed by atoms with van der Waals surface area (Å²) in [4.78, 5) is 4.35. The van der Waals surface area contributed by atoms with Gasteiger partial charge < -0.3 is 16.2 Å². The van der Waals surface area contributed by atoms with E-state index in [9.17, 15) is 5.11 Å². The van der Waals surface area contributed by atoms with Gasteiger partial charge in [0.15, 0.2) is 0 Å². The van der Waals surface area contributed by atoms with E-state index in [1.807, 2.05) is 24.3 Å². The lowest BCUT2D eigenvalue weighted by Gasteiger charge is -2.40. The fourth-order valence-corrected chi connectivity index (χ4v) is 4.11. The molecular weight excluding hydrogens is 274 g/mol. The molecule has 2 atom stereocenters. The van der Waals surface area contributed by atoms with E-state index >= 15 is 0 Å². The molecule has 2 unspecified atom stereocenters. The summed E-state index contributed by atoms with van der Waals surface area (Å²) in [6, 6.07) is 13.8. The van der Waals surface area contributed by atoms with Crippen molar-refractivity contribution in [1.82, 2.24) is 10.3 Å². The zero-order chi connectivity index (χ0) is 15.2. The van der Waals surface area contributed by atoms with E-state index in [2.05, 4.69) is 22.4 Å². The third kappa shape index (κ3) is 2.02. The van der Waals surface area contributed by atoms with Gasteiger partial charge in [0.25, 0.3) is 0 Å². The van der Waals surface area contributed by atoms with Crippen molar-refractivity contribution in [2.24, 2.45) is 11.8 Å². The number of piperidine rings is 1. The van der Waals surface area contributed by atoms with Crippen LogP contribution >= 0.6 is 0 Å². The minimum absolute atomic E-state index is 0.322. The van der Waals surface area contributed by atoms with Crippen molar-refractivity contribution < 1.29 is 5.11 Å². The van der Waals surface area contributed by atoms with E-state index in [0.29, 0.717) is 17.7 Å². The van der Waals surface area contributed by atoms with Crippen LogP contribution in [0, 0.1) is 11.8 Å². The average Bonchev–Trinajstić information content (AvgIpc) is 2.73. The van der Waals surface area contributed by atoms with Crippen molar-refractivity contribution in [1.29, 1.82) is 0 Å². The Bertz CT molecular complexity index is 667. The fraction of sp³-hybridized carbons (Fsp3) is 0.389. The monoisotopic (exact) mass is 295 g/mol. The second-order valence-electron chi connectivity index (χ2n) is 6.48. The van der Waals surface area contributed by atoms with Crippen LogP contribution in [0.5, 0.6) is 0 Å². The predicted octanol–water partition coefficient (Wildman–Crippen LogP) is 2.15. The first-order chi connectivity index (χ1) is 10.7. The first-order valence-electron chi connectivity index (χ1n) is 7.94. The lowest BCUT2D eigenvalue weighted by Crippen LogP contribution is -2.49. The molecule has 4 N–H and O–H groups in total. The Balaban J connectivity index is 1.68. The molecular formula is C18H21N3O. The first kappa shape index (κ1) is 13.7. The fourth-order valence-electron chi connectivity index (χ4n) is 4.11. The Hall–Kier alpha value is -1.91. The van der Waals surface area contributed by atoms with Crippen LogP contribution in [-0.2, 0) is 5.60 Å². The number of pyridine rings is 1. The average molecular weight is 295 g/mol. The van der Waals surface area contributed by atoms with Gasteiger partial charge in [0, 0.05) is 30.5 Å². The van der Waals surface area contributed by atoms with Crippen LogP contribution in [0.3, 0.4) is 0 Å². The maximum absolute atomic E-state index is 11.3. The molecule has 4 nitrogen and oxygen atoms in total. The predicted molar refractivity (Wildman–Crippen MR) is 87.1 cm³/mol. The number of benzene rings is 1. The van der Waals surface area contributed by atoms with E-state index in [1.54, 1.807) is 6.07 Å². The van der Waals surface area contributed by atoms with Crippen molar-refractivity contribution in [2.45, 2.75) is 18.4 Å². The molecule has 1 aromatic carbocycles. The molecule has 114 valence electrons. The van der Waals surface area contributed by atoms with Crippen LogP contribution in [0.2, 0.25) is 0 Å². The number of anilines is 1. The molecule has 2 aliphatic rings. The number of aliphatic hydroxyl groups is 1.